The Hall–Kier alpha value is -0.0900. The van der Waals surface area contributed by atoms with E-state index in [1.165, 1.54) is 11.3 Å². The van der Waals surface area contributed by atoms with E-state index in [2.05, 4.69) is 20.9 Å². The Morgan fingerprint density at radius 1 is 1.88 bits per heavy atom. The molecule has 8 heavy (non-hydrogen) atoms. The first-order valence-electron chi connectivity index (χ1n) is 2.14. The molecule has 0 amide bonds. The molecular formula is C4H6BrN2S+. The summed E-state index contributed by atoms with van der Waals surface area (Å²) in [6.07, 6.45) is 0. The van der Waals surface area contributed by atoms with Crippen molar-refractivity contribution in [3.8, 4) is 0 Å². The maximum Gasteiger partial charge on any atom is 0.329 e. The van der Waals surface area contributed by atoms with Crippen LogP contribution in [0, 0.1) is 0 Å². The fourth-order valence-electron chi connectivity index (χ4n) is 0.417. The lowest BCUT2D eigenvalue weighted by Gasteiger charge is -1.74. The highest BCUT2D eigenvalue weighted by Gasteiger charge is 1.98. The second-order valence-corrected chi connectivity index (χ2v) is 2.86. The number of H-pyrrole nitrogens is 1. The Bertz CT molecular complexity index is 174. The number of nitrogens with one attached hydrogen (secondary N) is 1. The maximum absolute atomic E-state index is 5.40. The highest BCUT2D eigenvalue weighted by atomic mass is 79.9. The van der Waals surface area contributed by atoms with Crippen LogP contribution < -0.4 is 10.7 Å². The molecule has 0 aromatic carbocycles. The summed E-state index contributed by atoms with van der Waals surface area (Å²) in [6, 6.07) is 0. The molecule has 0 saturated heterocycles. The Labute approximate surface area is 59.9 Å². The Morgan fingerprint density at radius 3 is 2.88 bits per heavy atom. The van der Waals surface area contributed by atoms with E-state index >= 15 is 0 Å². The minimum absolute atomic E-state index is 0.763. The van der Waals surface area contributed by atoms with Crippen molar-refractivity contribution in [1.29, 1.82) is 0 Å². The van der Waals surface area contributed by atoms with Crippen molar-refractivity contribution in [2.75, 3.05) is 5.73 Å². The number of alkyl halides is 1. The molecule has 0 aliphatic heterocycles. The zero-order valence-corrected chi connectivity index (χ0v) is 6.55. The number of thiazole rings is 1. The van der Waals surface area contributed by atoms with Crippen LogP contribution in [0.1, 0.15) is 5.69 Å². The predicted molar refractivity (Wildman–Crippen MR) is 37.9 cm³/mol. The van der Waals surface area contributed by atoms with Gasteiger partial charge < -0.3 is 0 Å². The topological polar surface area (TPSA) is 40.2 Å². The van der Waals surface area contributed by atoms with Crippen molar-refractivity contribution in [2.45, 2.75) is 5.33 Å². The zero-order chi connectivity index (χ0) is 5.98. The average molecular weight is 194 g/mol. The Morgan fingerprint density at radius 2 is 2.62 bits per heavy atom. The van der Waals surface area contributed by atoms with Crippen molar-refractivity contribution in [3.63, 3.8) is 0 Å². The lowest BCUT2D eigenvalue weighted by atomic mass is 10.6. The second kappa shape index (κ2) is 2.46. The van der Waals surface area contributed by atoms with Gasteiger partial charge in [0.05, 0.1) is 5.33 Å². The van der Waals surface area contributed by atoms with Crippen molar-refractivity contribution >= 4 is 32.4 Å². The van der Waals surface area contributed by atoms with Gasteiger partial charge in [-0.05, 0) is 0 Å². The van der Waals surface area contributed by atoms with Gasteiger partial charge in [0.25, 0.3) is 0 Å². The average Bonchev–Trinajstić information content (AvgIpc) is 2.14. The first-order chi connectivity index (χ1) is 3.83. The number of aromatic amines is 1. The molecule has 0 radical (unpaired) electrons. The predicted octanol–water partition coefficient (Wildman–Crippen LogP) is 1.04. The highest BCUT2D eigenvalue weighted by Crippen LogP contribution is 2.07. The molecule has 0 spiro atoms. The van der Waals surface area contributed by atoms with Gasteiger partial charge in [0.2, 0.25) is 0 Å². The zero-order valence-electron chi connectivity index (χ0n) is 4.15. The summed E-state index contributed by atoms with van der Waals surface area (Å²) >= 11 is 4.81. The molecule has 1 aromatic heterocycles. The Balaban J connectivity index is 2.84. The van der Waals surface area contributed by atoms with E-state index in [1.54, 1.807) is 0 Å². The molecule has 0 bridgehead atoms. The quantitative estimate of drug-likeness (QED) is 0.666. The fraction of sp³-hybridized carbons (Fsp3) is 0.250. The third-order valence-electron chi connectivity index (χ3n) is 0.756. The van der Waals surface area contributed by atoms with Gasteiger partial charge in [0.1, 0.15) is 5.69 Å². The van der Waals surface area contributed by atoms with E-state index in [0.717, 1.165) is 16.2 Å². The summed E-state index contributed by atoms with van der Waals surface area (Å²) < 4.78 is 0. The number of nitrogen functional groups attached to an aromatic ring is 1. The van der Waals surface area contributed by atoms with Gasteiger partial charge in [0.15, 0.2) is 0 Å². The third kappa shape index (κ3) is 1.20. The van der Waals surface area contributed by atoms with Gasteiger partial charge in [-0.15, -0.1) is 0 Å². The second-order valence-electron chi connectivity index (χ2n) is 1.38. The number of rotatable bonds is 1. The van der Waals surface area contributed by atoms with Crippen LogP contribution in [0.2, 0.25) is 0 Å². The van der Waals surface area contributed by atoms with Gasteiger partial charge in [-0.1, -0.05) is 27.3 Å². The van der Waals surface area contributed by atoms with Crippen LogP contribution in [-0.4, -0.2) is 0 Å². The highest BCUT2D eigenvalue weighted by molar-refractivity contribution is 9.08. The van der Waals surface area contributed by atoms with Crippen LogP contribution in [0.5, 0.6) is 0 Å². The minimum Gasteiger partial charge on any atom is -0.278 e. The lowest BCUT2D eigenvalue weighted by molar-refractivity contribution is -0.364. The molecule has 44 valence electrons. The molecule has 2 nitrogen and oxygen atoms in total. The summed E-state index contributed by atoms with van der Waals surface area (Å²) in [6.45, 7) is 0. The van der Waals surface area contributed by atoms with E-state index in [9.17, 15) is 0 Å². The number of halogens is 1. The number of nitrogens with two attached hydrogens (primary N) is 1. The van der Waals surface area contributed by atoms with Crippen molar-refractivity contribution < 1.29 is 4.98 Å². The molecule has 0 atom stereocenters. The van der Waals surface area contributed by atoms with Gasteiger partial charge in [-0.3, -0.25) is 5.73 Å². The number of anilines is 1. The molecule has 0 aliphatic carbocycles. The summed E-state index contributed by atoms with van der Waals surface area (Å²) in [5.41, 5.74) is 6.53. The molecule has 0 unspecified atom stereocenters. The van der Waals surface area contributed by atoms with Crippen LogP contribution in [0.15, 0.2) is 5.38 Å². The first kappa shape index (κ1) is 6.04. The molecule has 1 aromatic rings. The maximum atomic E-state index is 5.40. The van der Waals surface area contributed by atoms with Crippen LogP contribution in [0.3, 0.4) is 0 Å². The number of hydrogen-bond donors (Lipinski definition) is 1. The number of aromatic nitrogens is 1. The van der Waals surface area contributed by atoms with Gasteiger partial charge >= 0.3 is 5.13 Å². The SMILES string of the molecule is Nc1[nH+]c(CBr)cs1. The van der Waals surface area contributed by atoms with Crippen molar-refractivity contribution in [1.82, 2.24) is 0 Å². The van der Waals surface area contributed by atoms with Crippen LogP contribution in [0.25, 0.3) is 0 Å². The first-order valence-corrected chi connectivity index (χ1v) is 4.14. The minimum atomic E-state index is 0.763. The van der Waals surface area contributed by atoms with Crippen LogP contribution >= 0.6 is 27.3 Å². The largest absolute Gasteiger partial charge is 0.329 e. The normalized spacial score (nSPS) is 9.62. The fourth-order valence-corrected chi connectivity index (χ4v) is 1.53. The Kier molecular flexibility index (Phi) is 1.85. The third-order valence-corrected chi connectivity index (χ3v) is 2.12. The molecule has 1 heterocycles. The molecule has 0 fully saturated rings. The van der Waals surface area contributed by atoms with Crippen LogP contribution in [0.4, 0.5) is 5.13 Å². The molecule has 0 saturated carbocycles. The van der Waals surface area contributed by atoms with E-state index in [4.69, 9.17) is 5.73 Å². The van der Waals surface area contributed by atoms with Crippen LogP contribution in [-0.2, 0) is 5.33 Å². The molecule has 1 rings (SSSR count). The van der Waals surface area contributed by atoms with E-state index < -0.39 is 0 Å². The monoisotopic (exact) mass is 193 g/mol. The van der Waals surface area contributed by atoms with E-state index in [-0.39, 0.29) is 0 Å². The van der Waals surface area contributed by atoms with Gasteiger partial charge in [-0.2, -0.15) is 0 Å². The summed E-state index contributed by atoms with van der Waals surface area (Å²) in [4.78, 5) is 2.98. The van der Waals surface area contributed by atoms with E-state index in [1.807, 2.05) is 5.38 Å². The lowest BCUT2D eigenvalue weighted by Crippen LogP contribution is -2.07. The van der Waals surface area contributed by atoms with Crippen molar-refractivity contribution in [3.05, 3.63) is 11.1 Å². The van der Waals surface area contributed by atoms with Crippen molar-refractivity contribution in [2.24, 2.45) is 0 Å². The summed E-state index contributed by atoms with van der Waals surface area (Å²) in [5.74, 6) is 0. The summed E-state index contributed by atoms with van der Waals surface area (Å²) in [7, 11) is 0. The van der Waals surface area contributed by atoms with E-state index in [0.29, 0.717) is 0 Å². The summed E-state index contributed by atoms with van der Waals surface area (Å²) in [5, 5.41) is 3.60. The molecule has 4 heteroatoms. The smallest absolute Gasteiger partial charge is 0.278 e. The molecule has 3 N–H and O–H groups in total. The molecular weight excluding hydrogens is 188 g/mol. The standard InChI is InChI=1S/C4H5BrN2S/c5-1-3-2-8-4(6)7-3/h2H,1H2,(H2,6,7)/p+1. The molecule has 0 aliphatic rings. The number of hydrogen-bond acceptors (Lipinski definition) is 2. The van der Waals surface area contributed by atoms with Gasteiger partial charge in [-0.25, -0.2) is 4.98 Å². The van der Waals surface area contributed by atoms with Gasteiger partial charge in [0, 0.05) is 5.38 Å².